The van der Waals surface area contributed by atoms with Crippen LogP contribution in [0.4, 0.5) is 15.8 Å². The fraction of sp³-hybridized carbons (Fsp3) is 0.588. The number of amides is 1. The SMILES string of the molecule is CN(C)c1ccc(CNC2CCCCC2F)cc1N(C)C=O. The van der Waals surface area contributed by atoms with Crippen molar-refractivity contribution in [3.63, 3.8) is 0 Å². The van der Waals surface area contributed by atoms with E-state index in [0.717, 1.165) is 42.6 Å². The van der Waals surface area contributed by atoms with Crippen LogP contribution >= 0.6 is 0 Å². The molecule has 1 amide bonds. The Hall–Kier alpha value is -1.62. The lowest BCUT2D eigenvalue weighted by molar-refractivity contribution is -0.107. The second kappa shape index (κ2) is 7.58. The van der Waals surface area contributed by atoms with E-state index in [9.17, 15) is 9.18 Å². The number of halogens is 1. The molecule has 4 nitrogen and oxygen atoms in total. The Morgan fingerprint density at radius 1 is 1.23 bits per heavy atom. The van der Waals surface area contributed by atoms with E-state index in [1.807, 2.05) is 37.2 Å². The predicted octanol–water partition coefficient (Wildman–Crippen LogP) is 2.72. The number of hydrogen-bond donors (Lipinski definition) is 1. The highest BCUT2D eigenvalue weighted by Gasteiger charge is 2.24. The molecule has 0 heterocycles. The average molecular weight is 307 g/mol. The molecule has 122 valence electrons. The number of benzene rings is 1. The molecule has 2 unspecified atom stereocenters. The molecular weight excluding hydrogens is 281 g/mol. The van der Waals surface area contributed by atoms with Gasteiger partial charge < -0.3 is 15.1 Å². The molecule has 1 fully saturated rings. The highest BCUT2D eigenvalue weighted by molar-refractivity contribution is 5.83. The number of rotatable bonds is 6. The standard InChI is InChI=1S/C17H26FN3O/c1-20(2)16-9-8-13(10-17(16)21(3)12-22)11-19-15-7-5-4-6-14(15)18/h8-10,12,14-15,19H,4-7,11H2,1-3H3. The third-order valence-corrected chi connectivity index (χ3v) is 4.31. The van der Waals surface area contributed by atoms with Gasteiger partial charge in [-0.3, -0.25) is 4.79 Å². The molecule has 0 bridgehead atoms. The molecule has 5 heteroatoms. The molecule has 2 rings (SSSR count). The molecule has 0 aliphatic heterocycles. The molecule has 0 aromatic heterocycles. The van der Waals surface area contributed by atoms with Crippen molar-refractivity contribution in [2.75, 3.05) is 30.9 Å². The molecule has 1 aromatic rings. The first-order valence-electron chi connectivity index (χ1n) is 7.88. The number of carbonyl (C=O) groups excluding carboxylic acids is 1. The van der Waals surface area contributed by atoms with Gasteiger partial charge >= 0.3 is 0 Å². The van der Waals surface area contributed by atoms with Crippen LogP contribution in [-0.4, -0.2) is 39.8 Å². The summed E-state index contributed by atoms with van der Waals surface area (Å²) in [5.41, 5.74) is 2.91. The molecule has 0 saturated heterocycles. The fourth-order valence-corrected chi connectivity index (χ4v) is 2.96. The Morgan fingerprint density at radius 2 is 1.95 bits per heavy atom. The van der Waals surface area contributed by atoms with Crippen molar-refractivity contribution in [3.8, 4) is 0 Å². The predicted molar refractivity (Wildman–Crippen MR) is 89.2 cm³/mol. The van der Waals surface area contributed by atoms with Crippen LogP contribution in [0.2, 0.25) is 0 Å². The van der Waals surface area contributed by atoms with Gasteiger partial charge in [-0.1, -0.05) is 18.9 Å². The Kier molecular flexibility index (Phi) is 5.77. The zero-order valence-corrected chi connectivity index (χ0v) is 13.7. The Balaban J connectivity index is 2.09. The normalized spacial score (nSPS) is 21.5. The number of carbonyl (C=O) groups is 1. The zero-order valence-electron chi connectivity index (χ0n) is 13.7. The minimum atomic E-state index is -0.744. The number of alkyl halides is 1. The average Bonchev–Trinajstić information content (AvgIpc) is 2.53. The van der Waals surface area contributed by atoms with Crippen molar-refractivity contribution < 1.29 is 9.18 Å². The van der Waals surface area contributed by atoms with E-state index in [4.69, 9.17) is 0 Å². The van der Waals surface area contributed by atoms with Crippen LogP contribution in [-0.2, 0) is 11.3 Å². The number of hydrogen-bond acceptors (Lipinski definition) is 3. The summed E-state index contributed by atoms with van der Waals surface area (Å²) in [6.07, 6.45) is 3.71. The Bertz CT molecular complexity index is 507. The van der Waals surface area contributed by atoms with Gasteiger partial charge in [-0.15, -0.1) is 0 Å². The van der Waals surface area contributed by atoms with Crippen molar-refractivity contribution in [2.45, 2.75) is 44.4 Å². The summed E-state index contributed by atoms with van der Waals surface area (Å²) >= 11 is 0. The Labute approximate surface area is 132 Å². The zero-order chi connectivity index (χ0) is 16.1. The molecular formula is C17H26FN3O. The van der Waals surface area contributed by atoms with E-state index in [1.54, 1.807) is 11.9 Å². The summed E-state index contributed by atoms with van der Waals surface area (Å²) < 4.78 is 13.9. The summed E-state index contributed by atoms with van der Waals surface area (Å²) in [6, 6.07) is 5.97. The summed E-state index contributed by atoms with van der Waals surface area (Å²) in [5.74, 6) is 0. The van der Waals surface area contributed by atoms with E-state index in [2.05, 4.69) is 5.32 Å². The van der Waals surface area contributed by atoms with Gasteiger partial charge in [0.05, 0.1) is 11.4 Å². The van der Waals surface area contributed by atoms with Gasteiger partial charge in [-0.25, -0.2) is 4.39 Å². The first kappa shape index (κ1) is 16.7. The molecule has 1 saturated carbocycles. The summed E-state index contributed by atoms with van der Waals surface area (Å²) in [6.45, 7) is 0.624. The summed E-state index contributed by atoms with van der Waals surface area (Å²) in [4.78, 5) is 14.6. The van der Waals surface area contributed by atoms with Gasteiger partial charge in [0.1, 0.15) is 6.17 Å². The fourth-order valence-electron chi connectivity index (χ4n) is 2.96. The van der Waals surface area contributed by atoms with Crippen molar-refractivity contribution in [1.82, 2.24) is 5.32 Å². The van der Waals surface area contributed by atoms with Gasteiger partial charge in [0.25, 0.3) is 0 Å². The second-order valence-corrected chi connectivity index (χ2v) is 6.22. The minimum absolute atomic E-state index is 0.0467. The third-order valence-electron chi connectivity index (χ3n) is 4.31. The number of anilines is 2. The van der Waals surface area contributed by atoms with Crippen LogP contribution in [0, 0.1) is 0 Å². The van der Waals surface area contributed by atoms with E-state index >= 15 is 0 Å². The van der Waals surface area contributed by atoms with E-state index in [-0.39, 0.29) is 6.04 Å². The van der Waals surface area contributed by atoms with Crippen LogP contribution < -0.4 is 15.1 Å². The van der Waals surface area contributed by atoms with Gasteiger partial charge in [0.2, 0.25) is 6.41 Å². The monoisotopic (exact) mass is 307 g/mol. The van der Waals surface area contributed by atoms with Crippen LogP contribution in [0.15, 0.2) is 18.2 Å². The van der Waals surface area contributed by atoms with E-state index in [0.29, 0.717) is 13.0 Å². The van der Waals surface area contributed by atoms with Gasteiger partial charge in [-0.05, 0) is 30.5 Å². The molecule has 1 N–H and O–H groups in total. The highest BCUT2D eigenvalue weighted by atomic mass is 19.1. The third kappa shape index (κ3) is 3.97. The molecule has 0 radical (unpaired) electrons. The molecule has 0 spiro atoms. The summed E-state index contributed by atoms with van der Waals surface area (Å²) in [7, 11) is 5.64. The second-order valence-electron chi connectivity index (χ2n) is 6.22. The lowest BCUT2D eigenvalue weighted by Crippen LogP contribution is -2.39. The maximum absolute atomic E-state index is 13.9. The maximum atomic E-state index is 13.9. The van der Waals surface area contributed by atoms with Crippen LogP contribution in [0.1, 0.15) is 31.2 Å². The first-order chi connectivity index (χ1) is 10.5. The lowest BCUT2D eigenvalue weighted by Gasteiger charge is -2.27. The lowest BCUT2D eigenvalue weighted by atomic mass is 9.93. The maximum Gasteiger partial charge on any atom is 0.213 e. The van der Waals surface area contributed by atoms with Gasteiger partial charge in [-0.2, -0.15) is 0 Å². The van der Waals surface area contributed by atoms with Crippen LogP contribution in [0.25, 0.3) is 0 Å². The van der Waals surface area contributed by atoms with Gasteiger partial charge in [0.15, 0.2) is 0 Å². The number of nitrogens with one attached hydrogen (secondary N) is 1. The van der Waals surface area contributed by atoms with Crippen molar-refractivity contribution >= 4 is 17.8 Å². The van der Waals surface area contributed by atoms with Crippen molar-refractivity contribution in [3.05, 3.63) is 23.8 Å². The molecule has 22 heavy (non-hydrogen) atoms. The Morgan fingerprint density at radius 3 is 2.59 bits per heavy atom. The summed E-state index contributed by atoms with van der Waals surface area (Å²) in [5, 5.41) is 3.33. The first-order valence-corrected chi connectivity index (χ1v) is 7.88. The molecule has 1 aliphatic rings. The van der Waals surface area contributed by atoms with Gasteiger partial charge in [0, 0.05) is 33.7 Å². The van der Waals surface area contributed by atoms with Crippen molar-refractivity contribution in [1.29, 1.82) is 0 Å². The largest absolute Gasteiger partial charge is 0.376 e. The number of nitrogens with zero attached hydrogens (tertiary/aromatic N) is 2. The highest BCUT2D eigenvalue weighted by Crippen LogP contribution is 2.28. The topological polar surface area (TPSA) is 35.6 Å². The van der Waals surface area contributed by atoms with E-state index < -0.39 is 6.17 Å². The van der Waals surface area contributed by atoms with Crippen molar-refractivity contribution in [2.24, 2.45) is 0 Å². The molecule has 1 aliphatic carbocycles. The quantitative estimate of drug-likeness (QED) is 0.821. The molecule has 1 aromatic carbocycles. The minimum Gasteiger partial charge on any atom is -0.376 e. The van der Waals surface area contributed by atoms with Crippen LogP contribution in [0.5, 0.6) is 0 Å². The van der Waals surface area contributed by atoms with E-state index in [1.165, 1.54) is 0 Å². The molecule has 2 atom stereocenters. The van der Waals surface area contributed by atoms with Crippen LogP contribution in [0.3, 0.4) is 0 Å². The smallest absolute Gasteiger partial charge is 0.213 e.